The molecule has 0 spiro atoms. The van der Waals surface area contributed by atoms with Gasteiger partial charge in [-0.25, -0.2) is 13.4 Å². The number of benzene rings is 2. The van der Waals surface area contributed by atoms with E-state index in [2.05, 4.69) is 15.0 Å². The number of halogens is 1. The number of thioether (sulfide) groups is 1. The summed E-state index contributed by atoms with van der Waals surface area (Å²) in [5.41, 5.74) is 1.00. The molecule has 2 heterocycles. The summed E-state index contributed by atoms with van der Waals surface area (Å²) in [6.45, 7) is -0.478. The number of anilines is 2. The Balaban J connectivity index is 1.38. The summed E-state index contributed by atoms with van der Waals surface area (Å²) in [6, 6.07) is 12.2. The summed E-state index contributed by atoms with van der Waals surface area (Å²) in [4.78, 5) is 42.2. The van der Waals surface area contributed by atoms with Crippen molar-refractivity contribution < 1.29 is 22.8 Å². The molecule has 1 fully saturated rings. The maximum absolute atomic E-state index is 12.6. The van der Waals surface area contributed by atoms with Gasteiger partial charge >= 0.3 is 0 Å². The zero-order chi connectivity index (χ0) is 24.3. The van der Waals surface area contributed by atoms with E-state index in [0.29, 0.717) is 16.3 Å². The molecule has 0 aliphatic carbocycles. The number of sulfonamides is 1. The molecule has 2 N–H and O–H groups in total. The Bertz CT molecular complexity index is 1370. The van der Waals surface area contributed by atoms with E-state index < -0.39 is 33.6 Å². The molecule has 9 nitrogen and oxygen atoms in total. The average Bonchev–Trinajstić information content (AvgIpc) is 3.39. The molecule has 4 rings (SSSR count). The number of hydrogen-bond donors (Lipinski definition) is 2. The standard InChI is InChI=1S/C21H15ClN4O5S3/c22-14-3-1-13(2-4-14)11-17-19(28)26(21(29)33-17)12-18(27)24-15-5-7-16(8-6-15)34(30,31)25-20-23-9-10-32-20/h1-11H,12H2,(H,23,25)(H,24,27). The Hall–Kier alpha value is -3.19. The molecule has 0 saturated carbocycles. The van der Waals surface area contributed by atoms with E-state index in [9.17, 15) is 22.8 Å². The highest BCUT2D eigenvalue weighted by molar-refractivity contribution is 8.18. The topological polar surface area (TPSA) is 126 Å². The highest BCUT2D eigenvalue weighted by atomic mass is 35.5. The van der Waals surface area contributed by atoms with Crippen LogP contribution in [-0.4, -0.2) is 41.9 Å². The largest absolute Gasteiger partial charge is 0.325 e. The number of rotatable bonds is 7. The minimum atomic E-state index is -3.82. The molecule has 174 valence electrons. The second kappa shape index (κ2) is 9.97. The maximum Gasteiger partial charge on any atom is 0.294 e. The maximum atomic E-state index is 12.6. The average molecular weight is 535 g/mol. The van der Waals surface area contributed by atoms with Crippen molar-refractivity contribution in [3.05, 3.63) is 75.6 Å². The monoisotopic (exact) mass is 534 g/mol. The molecule has 0 unspecified atom stereocenters. The lowest BCUT2D eigenvalue weighted by Crippen LogP contribution is -2.36. The van der Waals surface area contributed by atoms with Crippen LogP contribution < -0.4 is 10.0 Å². The number of carbonyl (C=O) groups excluding carboxylic acids is 3. The molecule has 3 aromatic rings. The van der Waals surface area contributed by atoms with Crippen LogP contribution in [-0.2, 0) is 19.6 Å². The van der Waals surface area contributed by atoms with Crippen LogP contribution in [0.3, 0.4) is 0 Å². The van der Waals surface area contributed by atoms with Gasteiger partial charge in [-0.15, -0.1) is 11.3 Å². The molecular weight excluding hydrogens is 520 g/mol. The summed E-state index contributed by atoms with van der Waals surface area (Å²) in [7, 11) is -3.82. The third-order valence-corrected chi connectivity index (χ3v) is 7.78. The third-order valence-electron chi connectivity index (χ3n) is 4.45. The van der Waals surface area contributed by atoms with E-state index >= 15 is 0 Å². The van der Waals surface area contributed by atoms with Crippen molar-refractivity contribution >= 4 is 78.7 Å². The van der Waals surface area contributed by atoms with Crippen molar-refractivity contribution in [2.24, 2.45) is 0 Å². The number of carbonyl (C=O) groups is 3. The minimum absolute atomic E-state index is 0.0148. The predicted molar refractivity (Wildman–Crippen MR) is 132 cm³/mol. The quantitative estimate of drug-likeness (QED) is 0.433. The molecule has 13 heteroatoms. The summed E-state index contributed by atoms with van der Waals surface area (Å²) >= 11 is 7.74. The van der Waals surface area contributed by atoms with Crippen molar-refractivity contribution in [2.75, 3.05) is 16.6 Å². The fourth-order valence-corrected chi connectivity index (χ4v) is 5.61. The Kier molecular flexibility index (Phi) is 7.03. The minimum Gasteiger partial charge on any atom is -0.325 e. The molecule has 1 aliphatic heterocycles. The van der Waals surface area contributed by atoms with Crippen molar-refractivity contribution in [3.63, 3.8) is 0 Å². The zero-order valence-electron chi connectivity index (χ0n) is 17.1. The molecule has 0 bridgehead atoms. The first kappa shape index (κ1) is 24.0. The van der Waals surface area contributed by atoms with E-state index in [0.717, 1.165) is 28.0 Å². The molecule has 0 radical (unpaired) electrons. The Morgan fingerprint density at radius 3 is 2.44 bits per heavy atom. The second-order valence-corrected chi connectivity index (χ2v) is 10.8. The smallest absolute Gasteiger partial charge is 0.294 e. The van der Waals surface area contributed by atoms with Crippen molar-refractivity contribution in [3.8, 4) is 0 Å². The lowest BCUT2D eigenvalue weighted by Gasteiger charge is -2.13. The number of imide groups is 1. The second-order valence-electron chi connectivity index (χ2n) is 6.83. The third kappa shape index (κ3) is 5.65. The van der Waals surface area contributed by atoms with Crippen molar-refractivity contribution in [1.82, 2.24) is 9.88 Å². The number of thiazole rings is 1. The first-order chi connectivity index (χ1) is 16.2. The van der Waals surface area contributed by atoms with Crippen LogP contribution in [0.15, 0.2) is 69.9 Å². The molecule has 3 amide bonds. The van der Waals surface area contributed by atoms with Gasteiger partial charge in [0.1, 0.15) is 6.54 Å². The summed E-state index contributed by atoms with van der Waals surface area (Å²) in [5, 5.41) is 4.41. The Morgan fingerprint density at radius 2 is 1.79 bits per heavy atom. The number of nitrogens with one attached hydrogen (secondary N) is 2. The lowest BCUT2D eigenvalue weighted by atomic mass is 10.2. The summed E-state index contributed by atoms with van der Waals surface area (Å²) in [6.07, 6.45) is 3.03. The first-order valence-corrected chi connectivity index (χ1v) is 13.1. The van der Waals surface area contributed by atoms with Gasteiger partial charge in [0.2, 0.25) is 5.91 Å². The molecule has 1 aromatic heterocycles. The molecule has 2 aromatic carbocycles. The zero-order valence-corrected chi connectivity index (χ0v) is 20.3. The van der Waals surface area contributed by atoms with Crippen LogP contribution in [0, 0.1) is 0 Å². The number of aromatic nitrogens is 1. The van der Waals surface area contributed by atoms with Crippen LogP contribution in [0.25, 0.3) is 6.08 Å². The van der Waals surface area contributed by atoms with Gasteiger partial charge < -0.3 is 5.32 Å². The molecule has 34 heavy (non-hydrogen) atoms. The first-order valence-electron chi connectivity index (χ1n) is 9.54. The van der Waals surface area contributed by atoms with E-state index in [-0.39, 0.29) is 14.9 Å². The van der Waals surface area contributed by atoms with Crippen molar-refractivity contribution in [1.29, 1.82) is 0 Å². The SMILES string of the molecule is O=C(CN1C(=O)SC(=Cc2ccc(Cl)cc2)C1=O)Nc1ccc(S(=O)(=O)Nc2nccs2)cc1. The van der Waals surface area contributed by atoms with Gasteiger partial charge in [0.05, 0.1) is 9.80 Å². The molecular formula is C21H15ClN4O5S3. The van der Waals surface area contributed by atoms with Crippen LogP contribution in [0.4, 0.5) is 15.6 Å². The molecule has 1 aliphatic rings. The Labute approximate surface area is 207 Å². The van der Waals surface area contributed by atoms with Crippen LogP contribution >= 0.6 is 34.7 Å². The van der Waals surface area contributed by atoms with Gasteiger partial charge in [0.25, 0.3) is 21.2 Å². The van der Waals surface area contributed by atoms with Gasteiger partial charge in [-0.3, -0.25) is 24.0 Å². The van der Waals surface area contributed by atoms with Crippen LogP contribution in [0.2, 0.25) is 5.02 Å². The summed E-state index contributed by atoms with van der Waals surface area (Å²) in [5.74, 6) is -1.18. The predicted octanol–water partition coefficient (Wildman–Crippen LogP) is 4.27. The van der Waals surface area contributed by atoms with E-state index in [1.165, 1.54) is 30.5 Å². The van der Waals surface area contributed by atoms with Crippen LogP contribution in [0.5, 0.6) is 0 Å². The van der Waals surface area contributed by atoms with Gasteiger partial charge in [-0.2, -0.15) is 0 Å². The van der Waals surface area contributed by atoms with Crippen molar-refractivity contribution in [2.45, 2.75) is 4.90 Å². The highest BCUT2D eigenvalue weighted by Crippen LogP contribution is 2.32. The number of nitrogens with zero attached hydrogens (tertiary/aromatic N) is 2. The molecule has 1 saturated heterocycles. The molecule has 0 atom stereocenters. The fourth-order valence-electron chi connectivity index (χ4n) is 2.86. The van der Waals surface area contributed by atoms with E-state index in [4.69, 9.17) is 11.6 Å². The fraction of sp³-hybridized carbons (Fsp3) is 0.0476. The number of amides is 3. The highest BCUT2D eigenvalue weighted by Gasteiger charge is 2.36. The summed E-state index contributed by atoms with van der Waals surface area (Å²) < 4.78 is 27.1. The van der Waals surface area contributed by atoms with E-state index in [1.807, 2.05) is 0 Å². The van der Waals surface area contributed by atoms with Gasteiger partial charge in [-0.05, 0) is 59.8 Å². The van der Waals surface area contributed by atoms with Gasteiger partial charge in [0, 0.05) is 22.3 Å². The van der Waals surface area contributed by atoms with Gasteiger partial charge in [0.15, 0.2) is 5.13 Å². The van der Waals surface area contributed by atoms with Gasteiger partial charge in [-0.1, -0.05) is 23.7 Å². The van der Waals surface area contributed by atoms with Crippen LogP contribution in [0.1, 0.15) is 5.56 Å². The Morgan fingerprint density at radius 1 is 1.09 bits per heavy atom. The number of hydrogen-bond acceptors (Lipinski definition) is 8. The normalized spacial score (nSPS) is 15.1. The lowest BCUT2D eigenvalue weighted by molar-refractivity contribution is -0.127. The van der Waals surface area contributed by atoms with E-state index in [1.54, 1.807) is 35.7 Å².